The van der Waals surface area contributed by atoms with Crippen LogP contribution in [-0.4, -0.2) is 9.34 Å². The SMILES string of the molecule is Cl.Cl.Cl.Cl.Cl.Cl.O.[O]=[Ir][OH]. The molecule has 0 rings (SSSR count). The molecule has 0 aromatic carbocycles. The molecule has 0 atom stereocenters. The molecule has 0 spiro atoms. The molecule has 10 heteroatoms. The van der Waals surface area contributed by atoms with Crippen molar-refractivity contribution >= 4 is 74.4 Å². The third-order valence-electron chi connectivity index (χ3n) is 0. The van der Waals surface area contributed by atoms with Gasteiger partial charge in [-0.25, -0.2) is 0 Å². The van der Waals surface area contributed by atoms with Gasteiger partial charge in [0.25, 0.3) is 0 Å². The number of hydrogen-bond acceptors (Lipinski definition) is 1. The summed E-state index contributed by atoms with van der Waals surface area (Å²) in [5.74, 6) is 0. The van der Waals surface area contributed by atoms with Crippen LogP contribution in [0.3, 0.4) is 0 Å². The summed E-state index contributed by atoms with van der Waals surface area (Å²) in [6.45, 7) is 0. The average Bonchev–Trinajstić information content (AvgIpc) is 0.918. The molecule has 3 N–H and O–H groups in total. The molecular weight excluding hydrogens is 453 g/mol. The Morgan fingerprint density at radius 1 is 0.800 bits per heavy atom. The first-order valence-electron chi connectivity index (χ1n) is 0.285. The standard InChI is InChI=1S/6ClH.Ir.2H2O.O/h6*1H;;2*1H2;/q;;;;;;+1;;;/p-1. The topological polar surface area (TPSA) is 68.8 Å². The Kier molecular flexibility index (Phi) is 1040. The third kappa shape index (κ3) is 189. The van der Waals surface area contributed by atoms with Gasteiger partial charge in [-0.05, 0) is 0 Å². The maximum absolute atomic E-state index is 8.61. The molecule has 0 aliphatic carbocycles. The van der Waals surface area contributed by atoms with Crippen molar-refractivity contribution in [2.24, 2.45) is 0 Å². The van der Waals surface area contributed by atoms with E-state index in [4.69, 9.17) is 7.37 Å². The summed E-state index contributed by atoms with van der Waals surface area (Å²) in [5, 5.41) is 0. The van der Waals surface area contributed by atoms with E-state index in [2.05, 4.69) is 0 Å². The fourth-order valence-electron chi connectivity index (χ4n) is 0. The third-order valence-corrected chi connectivity index (χ3v) is 0. The van der Waals surface area contributed by atoms with Gasteiger partial charge in [0.05, 0.1) is 0 Å². The van der Waals surface area contributed by atoms with Gasteiger partial charge < -0.3 is 5.48 Å². The number of hydrogen-bond donors (Lipinski definition) is 1. The monoisotopic (exact) mass is 460 g/mol. The summed E-state index contributed by atoms with van der Waals surface area (Å²) < 4.78 is 15.8. The molecule has 0 saturated heterocycles. The minimum atomic E-state index is -1.75. The van der Waals surface area contributed by atoms with Gasteiger partial charge in [0.1, 0.15) is 0 Å². The predicted molar refractivity (Wildman–Crippen MR) is 50.0 cm³/mol. The molecule has 0 amide bonds. The van der Waals surface area contributed by atoms with Crippen molar-refractivity contribution in [2.45, 2.75) is 0 Å². The second-order valence-electron chi connectivity index (χ2n) is 0.0609. The Morgan fingerprint density at radius 3 is 0.800 bits per heavy atom. The van der Waals surface area contributed by atoms with E-state index >= 15 is 0 Å². The first-order valence-corrected chi connectivity index (χ1v) is 2.33. The van der Waals surface area contributed by atoms with E-state index in [0.717, 1.165) is 0 Å². The zero-order valence-electron chi connectivity index (χ0n) is 4.14. The van der Waals surface area contributed by atoms with E-state index in [0.29, 0.717) is 0 Å². The van der Waals surface area contributed by atoms with Gasteiger partial charge in [-0.1, -0.05) is 0 Å². The normalized spacial score (nSPS) is 2.10. The van der Waals surface area contributed by atoms with Crippen LogP contribution in [0.25, 0.3) is 0 Å². The predicted octanol–water partition coefficient (Wildman–Crippen LogP) is 1.03. The zero-order valence-corrected chi connectivity index (χ0v) is 11.4. The molecule has 0 aliphatic rings. The molecule has 0 heterocycles. The summed E-state index contributed by atoms with van der Waals surface area (Å²) in [7, 11) is 0. The van der Waals surface area contributed by atoms with Crippen LogP contribution >= 0.6 is 74.4 Å². The summed E-state index contributed by atoms with van der Waals surface area (Å²) in [4.78, 5) is 0. The second-order valence-corrected chi connectivity index (χ2v) is 0.498. The van der Waals surface area contributed by atoms with Gasteiger partial charge in [-0.3, -0.25) is 0 Å². The summed E-state index contributed by atoms with van der Waals surface area (Å²) in [5.41, 5.74) is 0. The van der Waals surface area contributed by atoms with E-state index < -0.39 is 18.0 Å². The maximum atomic E-state index is 8.61. The molecule has 10 heavy (non-hydrogen) atoms. The Bertz CT molecular complexity index is 20.5. The van der Waals surface area contributed by atoms with Gasteiger partial charge >= 0.3 is 25.4 Å². The van der Waals surface area contributed by atoms with Crippen LogP contribution in [-0.2, 0) is 21.5 Å². The second kappa shape index (κ2) is 117. The van der Waals surface area contributed by atoms with E-state index in [9.17, 15) is 0 Å². The van der Waals surface area contributed by atoms with Gasteiger partial charge in [0.2, 0.25) is 0 Å². The van der Waals surface area contributed by atoms with Crippen LogP contribution in [0, 0.1) is 0 Å². The number of rotatable bonds is 0. The Hall–Kier alpha value is 2.11. The van der Waals surface area contributed by atoms with E-state index in [-0.39, 0.29) is 79.9 Å². The van der Waals surface area contributed by atoms with Crippen molar-refractivity contribution in [2.75, 3.05) is 0 Å². The molecule has 0 aromatic heterocycles. The number of halogens is 6. The van der Waals surface area contributed by atoms with Gasteiger partial charge in [0, 0.05) is 0 Å². The van der Waals surface area contributed by atoms with Gasteiger partial charge in [0.15, 0.2) is 0 Å². The summed E-state index contributed by atoms with van der Waals surface area (Å²) in [6, 6.07) is 0. The summed E-state index contributed by atoms with van der Waals surface area (Å²) in [6.07, 6.45) is 0. The molecule has 0 aliphatic heterocycles. The molecule has 0 fully saturated rings. The van der Waals surface area contributed by atoms with Gasteiger partial charge in [-0.2, -0.15) is 0 Å². The van der Waals surface area contributed by atoms with Crippen LogP contribution in [0.1, 0.15) is 0 Å². The first kappa shape index (κ1) is 88.5. The van der Waals surface area contributed by atoms with Gasteiger partial charge in [-0.15, -0.1) is 74.4 Å². The van der Waals surface area contributed by atoms with Crippen LogP contribution in [0.2, 0.25) is 0 Å². The fourth-order valence-corrected chi connectivity index (χ4v) is 0. The Balaban J connectivity index is -0.000000000952. The molecule has 0 aromatic rings. The van der Waals surface area contributed by atoms with Crippen LogP contribution in [0.5, 0.6) is 0 Å². The van der Waals surface area contributed by atoms with E-state index in [1.165, 1.54) is 0 Å². The van der Waals surface area contributed by atoms with Crippen molar-refractivity contribution in [3.63, 3.8) is 0 Å². The van der Waals surface area contributed by atoms with E-state index in [1.807, 2.05) is 0 Å². The molecule has 3 nitrogen and oxygen atoms in total. The van der Waals surface area contributed by atoms with Crippen molar-refractivity contribution in [1.82, 2.24) is 0 Å². The average molecular weight is 462 g/mol. The Labute approximate surface area is 105 Å². The quantitative estimate of drug-likeness (QED) is 0.585. The fraction of sp³-hybridized carbons (Fsp3) is 0. The molecule has 0 saturated carbocycles. The van der Waals surface area contributed by atoms with Crippen LogP contribution in [0.4, 0.5) is 0 Å². The van der Waals surface area contributed by atoms with Crippen molar-refractivity contribution in [1.29, 1.82) is 0 Å². The van der Waals surface area contributed by atoms with Crippen molar-refractivity contribution in [3.8, 4) is 0 Å². The van der Waals surface area contributed by atoms with E-state index in [1.54, 1.807) is 0 Å². The Morgan fingerprint density at radius 2 is 0.800 bits per heavy atom. The molecule has 78 valence electrons. The molecule has 0 radical (unpaired) electrons. The zero-order chi connectivity index (χ0) is 2.71. The van der Waals surface area contributed by atoms with Crippen LogP contribution in [0.15, 0.2) is 0 Å². The summed E-state index contributed by atoms with van der Waals surface area (Å²) >= 11 is -1.75. The van der Waals surface area contributed by atoms with Crippen molar-refractivity contribution < 1.29 is 30.9 Å². The molecule has 0 bridgehead atoms. The molecule has 0 unspecified atom stereocenters. The molecular formula is H9Cl6IrO3. The first-order chi connectivity index (χ1) is 1.41. The minimum absolute atomic E-state index is 0. The van der Waals surface area contributed by atoms with Crippen LogP contribution < -0.4 is 0 Å². The van der Waals surface area contributed by atoms with Crippen molar-refractivity contribution in [3.05, 3.63) is 0 Å².